The van der Waals surface area contributed by atoms with E-state index in [4.69, 9.17) is 0 Å². The molecule has 3 atom stereocenters. The number of hydrogen-bond donors (Lipinski definition) is 0. The predicted molar refractivity (Wildman–Crippen MR) is 80.8 cm³/mol. The van der Waals surface area contributed by atoms with E-state index in [9.17, 15) is 22.0 Å². The van der Waals surface area contributed by atoms with Crippen molar-refractivity contribution in [1.82, 2.24) is 9.80 Å². The number of amides is 1. The summed E-state index contributed by atoms with van der Waals surface area (Å²) in [6.45, 7) is 0.359. The molecular weight excluding hydrogens is 326 g/mol. The molecule has 0 saturated carbocycles. The summed E-state index contributed by atoms with van der Waals surface area (Å²) in [5.74, 6) is -2.27. The Hall–Kier alpha value is -1.54. The van der Waals surface area contributed by atoms with Crippen LogP contribution in [0.1, 0.15) is 10.4 Å². The minimum absolute atomic E-state index is 0.0777. The Morgan fingerprint density at radius 1 is 1.17 bits per heavy atom. The van der Waals surface area contributed by atoms with Crippen molar-refractivity contribution in [3.05, 3.63) is 35.4 Å². The highest BCUT2D eigenvalue weighted by Gasteiger charge is 2.53. The average Bonchev–Trinajstić information content (AvgIpc) is 2.97. The van der Waals surface area contributed by atoms with Gasteiger partial charge < -0.3 is 9.80 Å². The van der Waals surface area contributed by atoms with Crippen molar-refractivity contribution in [2.45, 2.75) is 11.3 Å². The number of carbonyl (C=O) groups is 1. The third kappa shape index (κ3) is 2.85. The number of fused-ring (bicyclic) bond motifs is 1. The number of benzene rings is 1. The van der Waals surface area contributed by atoms with E-state index in [0.717, 1.165) is 12.1 Å². The average molecular weight is 344 g/mol. The van der Waals surface area contributed by atoms with Crippen LogP contribution in [0.5, 0.6) is 0 Å². The van der Waals surface area contributed by atoms with Gasteiger partial charge in [0.1, 0.15) is 11.6 Å². The van der Waals surface area contributed by atoms with E-state index in [1.165, 1.54) is 4.90 Å². The van der Waals surface area contributed by atoms with Crippen LogP contribution in [0.15, 0.2) is 18.2 Å². The molecule has 2 heterocycles. The Balaban J connectivity index is 1.86. The SMILES string of the molecule is CN(C)[C@@H]1CS(=O)(=O)[C@H]2CN(C(=O)c3cc(F)cc(F)c3)C[C@@H]12. The molecule has 3 rings (SSSR count). The molecule has 0 bridgehead atoms. The molecule has 126 valence electrons. The first-order chi connectivity index (χ1) is 10.7. The third-order valence-corrected chi connectivity index (χ3v) is 6.95. The summed E-state index contributed by atoms with van der Waals surface area (Å²) in [5, 5.41) is -0.600. The van der Waals surface area contributed by atoms with E-state index in [1.54, 1.807) is 0 Å². The highest BCUT2D eigenvalue weighted by Crippen LogP contribution is 2.36. The molecular formula is C15H18F2N2O3S. The van der Waals surface area contributed by atoms with E-state index < -0.39 is 32.6 Å². The summed E-state index contributed by atoms with van der Waals surface area (Å²) in [6, 6.07) is 2.49. The number of likely N-dealkylation sites (tertiary alicyclic amines) is 1. The van der Waals surface area contributed by atoms with E-state index in [1.807, 2.05) is 19.0 Å². The molecule has 1 aromatic carbocycles. The summed E-state index contributed by atoms with van der Waals surface area (Å²) in [7, 11) is 0.362. The number of sulfone groups is 1. The first-order valence-corrected chi connectivity index (χ1v) is 9.04. The molecule has 5 nitrogen and oxygen atoms in total. The maximum absolute atomic E-state index is 13.3. The molecule has 23 heavy (non-hydrogen) atoms. The lowest BCUT2D eigenvalue weighted by molar-refractivity contribution is 0.0778. The van der Waals surface area contributed by atoms with Crippen LogP contribution < -0.4 is 0 Å². The third-order valence-electron chi connectivity index (χ3n) is 4.73. The standard InChI is InChI=1S/C15H18F2N2O3S/c1-18(2)13-8-23(21,22)14-7-19(6-12(13)14)15(20)9-3-10(16)5-11(17)4-9/h3-5,12-14H,6-8H2,1-2H3/t12-,13+,14-/m0/s1. The first kappa shape index (κ1) is 16.3. The molecule has 2 aliphatic heterocycles. The Labute approximate surface area is 133 Å². The van der Waals surface area contributed by atoms with Gasteiger partial charge in [0, 0.05) is 36.7 Å². The minimum Gasteiger partial charge on any atom is -0.337 e. The zero-order valence-corrected chi connectivity index (χ0v) is 13.7. The smallest absolute Gasteiger partial charge is 0.254 e. The summed E-state index contributed by atoms with van der Waals surface area (Å²) in [5.41, 5.74) is -0.0960. The summed E-state index contributed by atoms with van der Waals surface area (Å²) < 4.78 is 51.1. The monoisotopic (exact) mass is 344 g/mol. The van der Waals surface area contributed by atoms with E-state index in [2.05, 4.69) is 0 Å². The predicted octanol–water partition coefficient (Wildman–Crippen LogP) is 0.764. The molecule has 0 spiro atoms. The number of carbonyl (C=O) groups excluding carboxylic acids is 1. The van der Waals surface area contributed by atoms with Crippen molar-refractivity contribution < 1.29 is 22.0 Å². The summed E-state index contributed by atoms with van der Waals surface area (Å²) >= 11 is 0. The van der Waals surface area contributed by atoms with Gasteiger partial charge in [-0.25, -0.2) is 17.2 Å². The van der Waals surface area contributed by atoms with Gasteiger partial charge in [0.2, 0.25) is 0 Å². The molecule has 2 aliphatic rings. The van der Waals surface area contributed by atoms with Gasteiger partial charge >= 0.3 is 0 Å². The van der Waals surface area contributed by atoms with Gasteiger partial charge in [-0.3, -0.25) is 4.79 Å². The second-order valence-electron chi connectivity index (χ2n) is 6.43. The Kier molecular flexibility index (Phi) is 3.92. The lowest BCUT2D eigenvalue weighted by Gasteiger charge is -2.25. The second-order valence-corrected chi connectivity index (χ2v) is 8.70. The first-order valence-electron chi connectivity index (χ1n) is 7.32. The lowest BCUT2D eigenvalue weighted by atomic mass is 10.00. The molecule has 0 unspecified atom stereocenters. The highest BCUT2D eigenvalue weighted by molar-refractivity contribution is 7.92. The summed E-state index contributed by atoms with van der Waals surface area (Å²) in [6.07, 6.45) is 0. The fourth-order valence-corrected chi connectivity index (χ4v) is 6.07. The molecule has 8 heteroatoms. The Bertz CT molecular complexity index is 731. The quantitative estimate of drug-likeness (QED) is 0.795. The maximum atomic E-state index is 13.3. The van der Waals surface area contributed by atoms with Gasteiger partial charge in [0.25, 0.3) is 5.91 Å². The van der Waals surface area contributed by atoms with Crippen LogP contribution in [0, 0.1) is 17.6 Å². The highest BCUT2D eigenvalue weighted by atomic mass is 32.2. The lowest BCUT2D eigenvalue weighted by Crippen LogP contribution is -2.38. The van der Waals surface area contributed by atoms with Gasteiger partial charge in [-0.05, 0) is 26.2 Å². The van der Waals surface area contributed by atoms with Gasteiger partial charge in [0.15, 0.2) is 9.84 Å². The van der Waals surface area contributed by atoms with Crippen molar-refractivity contribution in [3.63, 3.8) is 0 Å². The zero-order valence-electron chi connectivity index (χ0n) is 12.9. The van der Waals surface area contributed by atoms with Gasteiger partial charge in [-0.15, -0.1) is 0 Å². The number of hydrogen-bond acceptors (Lipinski definition) is 4. The van der Waals surface area contributed by atoms with Crippen LogP contribution in [0.4, 0.5) is 8.78 Å². The fourth-order valence-electron chi connectivity index (χ4n) is 3.59. The van der Waals surface area contributed by atoms with E-state index in [0.29, 0.717) is 6.07 Å². The largest absolute Gasteiger partial charge is 0.337 e. The molecule has 0 aliphatic carbocycles. The Morgan fingerprint density at radius 3 is 2.35 bits per heavy atom. The van der Waals surface area contributed by atoms with E-state index >= 15 is 0 Å². The van der Waals surface area contributed by atoms with Crippen molar-refractivity contribution >= 4 is 15.7 Å². The van der Waals surface area contributed by atoms with Crippen molar-refractivity contribution in [2.75, 3.05) is 32.9 Å². The van der Waals surface area contributed by atoms with E-state index in [-0.39, 0.29) is 36.4 Å². The maximum Gasteiger partial charge on any atom is 0.254 e. The molecule has 1 aromatic rings. The van der Waals surface area contributed by atoms with Crippen molar-refractivity contribution in [2.24, 2.45) is 5.92 Å². The topological polar surface area (TPSA) is 57.7 Å². The van der Waals surface area contributed by atoms with Gasteiger partial charge in [0.05, 0.1) is 11.0 Å². The van der Waals surface area contributed by atoms with Crippen molar-refractivity contribution in [3.8, 4) is 0 Å². The van der Waals surface area contributed by atoms with Gasteiger partial charge in [-0.2, -0.15) is 0 Å². The summed E-state index contributed by atoms with van der Waals surface area (Å²) in [4.78, 5) is 15.7. The number of halogens is 2. The molecule has 0 N–H and O–H groups in total. The molecule has 2 fully saturated rings. The molecule has 0 aromatic heterocycles. The van der Waals surface area contributed by atoms with Crippen LogP contribution in [0.3, 0.4) is 0 Å². The van der Waals surface area contributed by atoms with Crippen LogP contribution in [0.2, 0.25) is 0 Å². The Morgan fingerprint density at radius 2 is 1.78 bits per heavy atom. The van der Waals surface area contributed by atoms with Crippen LogP contribution in [-0.4, -0.2) is 68.4 Å². The normalized spacial score (nSPS) is 29.1. The fraction of sp³-hybridized carbons (Fsp3) is 0.533. The van der Waals surface area contributed by atoms with Gasteiger partial charge in [-0.1, -0.05) is 0 Å². The van der Waals surface area contributed by atoms with Crippen LogP contribution in [0.25, 0.3) is 0 Å². The molecule has 0 radical (unpaired) electrons. The number of rotatable bonds is 2. The zero-order chi connectivity index (χ0) is 16.9. The van der Waals surface area contributed by atoms with Crippen LogP contribution in [-0.2, 0) is 9.84 Å². The van der Waals surface area contributed by atoms with Crippen molar-refractivity contribution in [1.29, 1.82) is 0 Å². The number of nitrogens with zero attached hydrogens (tertiary/aromatic N) is 2. The molecule has 1 amide bonds. The minimum atomic E-state index is -3.27. The molecule has 2 saturated heterocycles. The van der Waals surface area contributed by atoms with Crippen LogP contribution >= 0.6 is 0 Å². The second kappa shape index (κ2) is 5.52.